The van der Waals surface area contributed by atoms with Crippen LogP contribution in [0.15, 0.2) is 24.3 Å². The Hall–Kier alpha value is -1.02. The van der Waals surface area contributed by atoms with E-state index in [9.17, 15) is 0 Å². The van der Waals surface area contributed by atoms with Crippen LogP contribution in [0.4, 0.5) is 5.69 Å². The molecular formula is C18H30N2. The van der Waals surface area contributed by atoms with Crippen LogP contribution in [0, 0.1) is 5.92 Å². The minimum absolute atomic E-state index is 0.733. The van der Waals surface area contributed by atoms with Crippen LogP contribution >= 0.6 is 0 Å². The molecular weight excluding hydrogens is 244 g/mol. The van der Waals surface area contributed by atoms with Gasteiger partial charge in [-0.05, 0) is 49.3 Å². The molecule has 0 heterocycles. The van der Waals surface area contributed by atoms with E-state index in [2.05, 4.69) is 55.5 Å². The Morgan fingerprint density at radius 2 is 1.70 bits per heavy atom. The Balaban J connectivity index is 1.73. The van der Waals surface area contributed by atoms with Crippen molar-refractivity contribution >= 4 is 5.69 Å². The van der Waals surface area contributed by atoms with Crippen molar-refractivity contribution in [2.75, 3.05) is 19.0 Å². The van der Waals surface area contributed by atoms with Crippen LogP contribution in [-0.2, 0) is 6.54 Å². The highest BCUT2D eigenvalue weighted by Crippen LogP contribution is 2.27. The average Bonchev–Trinajstić information content (AvgIpc) is 2.47. The van der Waals surface area contributed by atoms with Gasteiger partial charge in [0.05, 0.1) is 0 Å². The summed E-state index contributed by atoms with van der Waals surface area (Å²) < 4.78 is 0. The zero-order chi connectivity index (χ0) is 14.4. The molecule has 2 heteroatoms. The maximum absolute atomic E-state index is 3.74. The van der Waals surface area contributed by atoms with Crippen molar-refractivity contribution in [3.63, 3.8) is 0 Å². The van der Waals surface area contributed by atoms with Gasteiger partial charge in [-0.3, -0.25) is 0 Å². The smallest absolute Gasteiger partial charge is 0.0361 e. The summed E-state index contributed by atoms with van der Waals surface area (Å²) in [5.41, 5.74) is 2.67. The van der Waals surface area contributed by atoms with Gasteiger partial charge in [0.25, 0.3) is 0 Å². The topological polar surface area (TPSA) is 15.3 Å². The third-order valence-electron chi connectivity index (χ3n) is 4.59. The predicted octanol–water partition coefficient (Wildman–Crippen LogP) is 4.20. The van der Waals surface area contributed by atoms with E-state index in [0.717, 1.165) is 18.5 Å². The fourth-order valence-electron chi connectivity index (χ4n) is 3.24. The van der Waals surface area contributed by atoms with Crippen LogP contribution < -0.4 is 10.2 Å². The largest absolute Gasteiger partial charge is 0.378 e. The summed E-state index contributed by atoms with van der Waals surface area (Å²) in [6.07, 6.45) is 8.34. The second-order valence-corrected chi connectivity index (χ2v) is 6.45. The number of benzene rings is 1. The molecule has 112 valence electrons. The van der Waals surface area contributed by atoms with E-state index in [1.807, 2.05) is 0 Å². The first kappa shape index (κ1) is 15.4. The van der Waals surface area contributed by atoms with Crippen molar-refractivity contribution in [2.45, 2.75) is 58.0 Å². The Kier molecular flexibility index (Phi) is 5.90. The molecule has 0 spiro atoms. The maximum Gasteiger partial charge on any atom is 0.0361 e. The minimum atomic E-state index is 0.733. The summed E-state index contributed by atoms with van der Waals surface area (Å²) in [4.78, 5) is 2.15. The Bertz CT molecular complexity index is 375. The molecule has 1 fully saturated rings. The summed E-state index contributed by atoms with van der Waals surface area (Å²) in [5, 5.41) is 3.74. The first-order valence-electron chi connectivity index (χ1n) is 8.18. The lowest BCUT2D eigenvalue weighted by Gasteiger charge is -2.29. The van der Waals surface area contributed by atoms with Gasteiger partial charge in [0.2, 0.25) is 0 Å². The van der Waals surface area contributed by atoms with Crippen LogP contribution in [0.25, 0.3) is 0 Å². The molecule has 0 aliphatic heterocycles. The molecule has 1 aromatic rings. The second-order valence-electron chi connectivity index (χ2n) is 6.45. The molecule has 1 aliphatic rings. The Morgan fingerprint density at radius 3 is 2.25 bits per heavy atom. The van der Waals surface area contributed by atoms with Crippen LogP contribution in [0.3, 0.4) is 0 Å². The van der Waals surface area contributed by atoms with Gasteiger partial charge in [0.15, 0.2) is 0 Å². The summed E-state index contributed by atoms with van der Waals surface area (Å²) in [6, 6.07) is 9.62. The van der Waals surface area contributed by atoms with Gasteiger partial charge in [-0.1, -0.05) is 31.9 Å². The lowest BCUT2D eigenvalue weighted by molar-refractivity contribution is 0.277. The maximum atomic E-state index is 3.74. The van der Waals surface area contributed by atoms with Gasteiger partial charge >= 0.3 is 0 Å². The van der Waals surface area contributed by atoms with Gasteiger partial charge in [0.1, 0.15) is 0 Å². The van der Waals surface area contributed by atoms with Crippen molar-refractivity contribution in [3.8, 4) is 0 Å². The minimum Gasteiger partial charge on any atom is -0.378 e. The van der Waals surface area contributed by atoms with Gasteiger partial charge in [-0.2, -0.15) is 0 Å². The molecule has 0 saturated heterocycles. The molecule has 20 heavy (non-hydrogen) atoms. The molecule has 0 atom stereocenters. The molecule has 0 radical (unpaired) electrons. The third-order valence-corrected chi connectivity index (χ3v) is 4.59. The van der Waals surface area contributed by atoms with E-state index in [1.165, 1.54) is 49.8 Å². The van der Waals surface area contributed by atoms with Crippen LogP contribution in [0.1, 0.15) is 51.0 Å². The zero-order valence-electron chi connectivity index (χ0n) is 13.4. The summed E-state index contributed by atoms with van der Waals surface area (Å²) in [6.45, 7) is 3.32. The summed E-state index contributed by atoms with van der Waals surface area (Å²) in [5.74, 6) is 0.998. The lowest BCUT2D eigenvalue weighted by Crippen LogP contribution is -2.32. The van der Waals surface area contributed by atoms with E-state index in [0.29, 0.717) is 0 Å². The quantitative estimate of drug-likeness (QED) is 0.836. The average molecular weight is 274 g/mol. The van der Waals surface area contributed by atoms with E-state index in [1.54, 1.807) is 0 Å². The van der Waals surface area contributed by atoms with Crippen molar-refractivity contribution < 1.29 is 0 Å². The van der Waals surface area contributed by atoms with E-state index >= 15 is 0 Å². The van der Waals surface area contributed by atoms with Crippen molar-refractivity contribution in [3.05, 3.63) is 29.8 Å². The predicted molar refractivity (Wildman–Crippen MR) is 88.3 cm³/mol. The highest BCUT2D eigenvalue weighted by molar-refractivity contribution is 5.45. The fourth-order valence-corrected chi connectivity index (χ4v) is 3.24. The van der Waals surface area contributed by atoms with Crippen LogP contribution in [0.5, 0.6) is 0 Å². The first-order chi connectivity index (χ1) is 9.69. The SMILES string of the molecule is CCCC1CCC(NCc2ccc(N(C)C)cc2)CC1. The van der Waals surface area contributed by atoms with Crippen molar-refractivity contribution in [2.24, 2.45) is 5.92 Å². The number of nitrogens with one attached hydrogen (secondary N) is 1. The molecule has 0 bridgehead atoms. The number of rotatable bonds is 6. The fraction of sp³-hybridized carbons (Fsp3) is 0.667. The highest BCUT2D eigenvalue weighted by Gasteiger charge is 2.19. The molecule has 2 rings (SSSR count). The van der Waals surface area contributed by atoms with Crippen LogP contribution in [0.2, 0.25) is 0 Å². The zero-order valence-corrected chi connectivity index (χ0v) is 13.4. The van der Waals surface area contributed by atoms with E-state index < -0.39 is 0 Å². The van der Waals surface area contributed by atoms with Gasteiger partial charge < -0.3 is 10.2 Å². The highest BCUT2D eigenvalue weighted by atomic mass is 15.1. The van der Waals surface area contributed by atoms with Crippen molar-refractivity contribution in [1.82, 2.24) is 5.32 Å². The Labute approximate surface area is 124 Å². The number of anilines is 1. The van der Waals surface area contributed by atoms with E-state index in [-0.39, 0.29) is 0 Å². The van der Waals surface area contributed by atoms with Gasteiger partial charge in [-0.15, -0.1) is 0 Å². The first-order valence-corrected chi connectivity index (χ1v) is 8.18. The second kappa shape index (κ2) is 7.68. The monoisotopic (exact) mass is 274 g/mol. The number of hydrogen-bond acceptors (Lipinski definition) is 2. The lowest BCUT2D eigenvalue weighted by atomic mass is 9.83. The molecule has 1 saturated carbocycles. The van der Waals surface area contributed by atoms with Gasteiger partial charge in [-0.25, -0.2) is 0 Å². The van der Waals surface area contributed by atoms with Gasteiger partial charge in [0, 0.05) is 32.4 Å². The summed E-state index contributed by atoms with van der Waals surface area (Å²) >= 11 is 0. The van der Waals surface area contributed by atoms with Crippen molar-refractivity contribution in [1.29, 1.82) is 0 Å². The molecule has 0 unspecified atom stereocenters. The normalized spacial score (nSPS) is 22.8. The van der Waals surface area contributed by atoms with Crippen LogP contribution in [-0.4, -0.2) is 20.1 Å². The summed E-state index contributed by atoms with van der Waals surface area (Å²) in [7, 11) is 4.17. The molecule has 0 aromatic heterocycles. The molecule has 1 aliphatic carbocycles. The standard InChI is InChI=1S/C18H30N2/c1-4-5-15-6-10-17(11-7-15)19-14-16-8-12-18(13-9-16)20(2)3/h8-9,12-13,15,17,19H,4-7,10-11,14H2,1-3H3. The molecule has 2 nitrogen and oxygen atoms in total. The third kappa shape index (κ3) is 4.52. The number of nitrogens with zero attached hydrogens (tertiary/aromatic N) is 1. The van der Waals surface area contributed by atoms with E-state index in [4.69, 9.17) is 0 Å². The molecule has 1 N–H and O–H groups in total. The molecule has 1 aromatic carbocycles. The number of hydrogen-bond donors (Lipinski definition) is 1. The molecule has 0 amide bonds. The Morgan fingerprint density at radius 1 is 1.05 bits per heavy atom.